The number of carboxylic acid groups (broad SMARTS) is 1. The number of aliphatic hydroxyl groups excluding tert-OH is 1. The maximum atomic E-state index is 12.5. The van der Waals surface area contributed by atoms with E-state index >= 15 is 0 Å². The first kappa shape index (κ1) is 21.6. The number of aliphatic hydroxyl groups is 1. The minimum absolute atomic E-state index is 0.184. The second-order valence-corrected chi connectivity index (χ2v) is 7.06. The van der Waals surface area contributed by atoms with Crippen molar-refractivity contribution >= 4 is 23.6 Å². The van der Waals surface area contributed by atoms with E-state index in [1.165, 1.54) is 30.9 Å². The molecule has 26 heavy (non-hydrogen) atoms. The molecule has 1 rings (SSSR count). The van der Waals surface area contributed by atoms with Gasteiger partial charge in [0.25, 0.3) is 0 Å². The van der Waals surface area contributed by atoms with Gasteiger partial charge in [-0.2, -0.15) is 0 Å². The minimum Gasteiger partial charge on any atom is -0.480 e. The van der Waals surface area contributed by atoms with Gasteiger partial charge in [-0.15, -0.1) is 0 Å². The van der Waals surface area contributed by atoms with Gasteiger partial charge in [0.2, 0.25) is 11.8 Å². The Balaban J connectivity index is 2.84. The lowest BCUT2D eigenvalue weighted by Crippen LogP contribution is -2.48. The highest BCUT2D eigenvalue weighted by Crippen LogP contribution is 2.18. The van der Waals surface area contributed by atoms with Crippen molar-refractivity contribution in [1.29, 1.82) is 0 Å². The molecule has 2 unspecified atom stereocenters. The number of hydrogen-bond donors (Lipinski definition) is 4. The van der Waals surface area contributed by atoms with Gasteiger partial charge in [-0.3, -0.25) is 9.59 Å². The third kappa shape index (κ3) is 5.29. The van der Waals surface area contributed by atoms with Crippen molar-refractivity contribution < 1.29 is 24.6 Å². The summed E-state index contributed by atoms with van der Waals surface area (Å²) in [6.07, 6.45) is 2.58. The van der Waals surface area contributed by atoms with Gasteiger partial charge in [-0.1, -0.05) is 27.2 Å². The van der Waals surface area contributed by atoms with E-state index in [9.17, 15) is 24.6 Å². The van der Waals surface area contributed by atoms with Crippen LogP contribution >= 0.6 is 0 Å². The third-order valence-electron chi connectivity index (χ3n) is 4.11. The second kappa shape index (κ2) is 8.79. The number of carboxylic acids is 1. The van der Waals surface area contributed by atoms with Gasteiger partial charge in [0.1, 0.15) is 17.7 Å². The molecular formula is C17H28N4O5. The fourth-order valence-corrected chi connectivity index (χ4v) is 2.13. The largest absolute Gasteiger partial charge is 0.480 e. The Labute approximate surface area is 152 Å². The number of rotatable bonds is 9. The van der Waals surface area contributed by atoms with E-state index in [1.54, 1.807) is 13.8 Å². The van der Waals surface area contributed by atoms with E-state index in [1.807, 2.05) is 6.92 Å². The Morgan fingerprint density at radius 2 is 1.88 bits per heavy atom. The molecule has 0 aromatic carbocycles. The average molecular weight is 368 g/mol. The van der Waals surface area contributed by atoms with Crippen LogP contribution in [0.25, 0.3) is 0 Å². The molecule has 0 radical (unpaired) electrons. The Bertz CT molecular complexity index is 653. The van der Waals surface area contributed by atoms with Crippen LogP contribution in [0.4, 0.5) is 5.82 Å². The van der Waals surface area contributed by atoms with Crippen LogP contribution < -0.4 is 10.6 Å². The van der Waals surface area contributed by atoms with Crippen molar-refractivity contribution in [3.63, 3.8) is 0 Å². The zero-order chi connectivity index (χ0) is 20.1. The van der Waals surface area contributed by atoms with Crippen LogP contribution in [-0.4, -0.2) is 49.7 Å². The lowest BCUT2D eigenvalue weighted by atomic mass is 10.1. The molecule has 0 bridgehead atoms. The molecule has 0 aliphatic rings. The second-order valence-electron chi connectivity index (χ2n) is 7.06. The maximum absolute atomic E-state index is 12.5. The van der Waals surface area contributed by atoms with Crippen molar-refractivity contribution in [2.45, 2.75) is 65.1 Å². The molecule has 1 aromatic heterocycles. The Morgan fingerprint density at radius 1 is 1.27 bits per heavy atom. The van der Waals surface area contributed by atoms with Crippen LogP contribution in [0, 0.1) is 5.92 Å². The van der Waals surface area contributed by atoms with Gasteiger partial charge in [-0.25, -0.2) is 9.78 Å². The normalized spacial score (nSPS) is 14.0. The number of hydrogen-bond acceptors (Lipinski definition) is 5. The summed E-state index contributed by atoms with van der Waals surface area (Å²) in [7, 11) is 0. The van der Waals surface area contributed by atoms with Crippen LogP contribution in [0.3, 0.4) is 0 Å². The quantitative estimate of drug-likeness (QED) is 0.513. The van der Waals surface area contributed by atoms with Gasteiger partial charge in [0, 0.05) is 6.20 Å². The Morgan fingerprint density at radius 3 is 2.38 bits per heavy atom. The van der Waals surface area contributed by atoms with Crippen molar-refractivity contribution in [3.05, 3.63) is 12.5 Å². The minimum atomic E-state index is -1.21. The fourth-order valence-electron chi connectivity index (χ4n) is 2.13. The lowest BCUT2D eigenvalue weighted by molar-refractivity contribution is -0.145. The summed E-state index contributed by atoms with van der Waals surface area (Å²) in [5.74, 6) is -2.20. The summed E-state index contributed by atoms with van der Waals surface area (Å²) in [5, 5.41) is 24.2. The molecule has 0 aliphatic carbocycles. The van der Waals surface area contributed by atoms with E-state index < -0.39 is 35.5 Å². The number of nitrogens with zero attached hydrogens (tertiary/aromatic N) is 2. The molecule has 2 atom stereocenters. The molecule has 4 N–H and O–H groups in total. The standard InChI is InChI=1S/C17H28N4O5/c1-6-7-11(19-15(24)13(22)10(2)3)14(23)20-12-8-21(9-18-12)17(4,5)16(25)26/h8-11,13,22H,6-7H2,1-5H3,(H,19,24)(H,20,23)(H,25,26). The zero-order valence-electron chi connectivity index (χ0n) is 15.8. The van der Waals surface area contributed by atoms with Gasteiger partial charge in [0.15, 0.2) is 5.82 Å². The summed E-state index contributed by atoms with van der Waals surface area (Å²) in [4.78, 5) is 39.7. The zero-order valence-corrected chi connectivity index (χ0v) is 15.8. The number of nitrogens with one attached hydrogen (secondary N) is 2. The summed E-state index contributed by atoms with van der Waals surface area (Å²) in [6, 6.07) is -0.821. The van der Waals surface area contributed by atoms with E-state index in [-0.39, 0.29) is 11.7 Å². The Kier molecular flexibility index (Phi) is 7.31. The molecule has 1 heterocycles. The molecule has 0 fully saturated rings. The topological polar surface area (TPSA) is 134 Å². The number of imidazole rings is 1. The molecule has 0 spiro atoms. The first-order valence-electron chi connectivity index (χ1n) is 8.57. The summed E-state index contributed by atoms with van der Waals surface area (Å²) in [6.45, 7) is 8.30. The molecule has 2 amide bonds. The SMILES string of the molecule is CCCC(NC(=O)C(O)C(C)C)C(=O)Nc1cn(C(C)(C)C(=O)O)cn1. The number of carbonyl (C=O) groups is 3. The molecule has 146 valence electrons. The number of anilines is 1. The molecule has 1 aromatic rings. The predicted molar refractivity (Wildman–Crippen MR) is 95.5 cm³/mol. The number of aromatic nitrogens is 2. The van der Waals surface area contributed by atoms with Crippen molar-refractivity contribution in [1.82, 2.24) is 14.9 Å². The molecule has 9 nitrogen and oxygen atoms in total. The van der Waals surface area contributed by atoms with Crippen molar-refractivity contribution in [2.24, 2.45) is 5.92 Å². The summed E-state index contributed by atoms with van der Waals surface area (Å²) < 4.78 is 1.38. The first-order valence-corrected chi connectivity index (χ1v) is 8.57. The van der Waals surface area contributed by atoms with Crippen LogP contribution in [0.15, 0.2) is 12.5 Å². The van der Waals surface area contributed by atoms with Crippen LogP contribution in [0.5, 0.6) is 0 Å². The van der Waals surface area contributed by atoms with E-state index in [2.05, 4.69) is 15.6 Å². The van der Waals surface area contributed by atoms with Crippen LogP contribution in [-0.2, 0) is 19.9 Å². The highest BCUT2D eigenvalue weighted by molar-refractivity contribution is 5.97. The third-order valence-corrected chi connectivity index (χ3v) is 4.11. The lowest BCUT2D eigenvalue weighted by Gasteiger charge is -2.21. The summed E-state index contributed by atoms with van der Waals surface area (Å²) in [5.41, 5.74) is -1.21. The predicted octanol–water partition coefficient (Wildman–Crippen LogP) is 0.943. The van der Waals surface area contributed by atoms with E-state index in [4.69, 9.17) is 0 Å². The molecule has 0 saturated heterocycles. The molecule has 0 saturated carbocycles. The molecule has 0 aliphatic heterocycles. The number of carbonyl (C=O) groups excluding carboxylic acids is 2. The van der Waals surface area contributed by atoms with Crippen molar-refractivity contribution in [2.75, 3.05) is 5.32 Å². The first-order chi connectivity index (χ1) is 12.0. The van der Waals surface area contributed by atoms with E-state index in [0.717, 1.165) is 0 Å². The number of amides is 2. The summed E-state index contributed by atoms with van der Waals surface area (Å²) >= 11 is 0. The highest BCUT2D eigenvalue weighted by atomic mass is 16.4. The number of aliphatic carboxylic acids is 1. The van der Waals surface area contributed by atoms with Gasteiger partial charge in [0.05, 0.1) is 6.33 Å². The average Bonchev–Trinajstić information content (AvgIpc) is 3.02. The Hall–Kier alpha value is -2.42. The fraction of sp³-hybridized carbons (Fsp3) is 0.647. The van der Waals surface area contributed by atoms with Crippen LogP contribution in [0.2, 0.25) is 0 Å². The van der Waals surface area contributed by atoms with Crippen LogP contribution in [0.1, 0.15) is 47.5 Å². The van der Waals surface area contributed by atoms with Crippen molar-refractivity contribution in [3.8, 4) is 0 Å². The van der Waals surface area contributed by atoms with Gasteiger partial charge >= 0.3 is 5.97 Å². The molecular weight excluding hydrogens is 340 g/mol. The highest BCUT2D eigenvalue weighted by Gasteiger charge is 2.30. The van der Waals surface area contributed by atoms with Gasteiger partial charge in [-0.05, 0) is 26.2 Å². The van der Waals surface area contributed by atoms with E-state index in [0.29, 0.717) is 12.8 Å². The maximum Gasteiger partial charge on any atom is 0.329 e. The smallest absolute Gasteiger partial charge is 0.329 e. The van der Waals surface area contributed by atoms with Gasteiger partial charge < -0.3 is 25.4 Å². The molecule has 9 heteroatoms. The monoisotopic (exact) mass is 368 g/mol.